The van der Waals surface area contributed by atoms with E-state index in [1.165, 1.54) is 9.80 Å². The van der Waals surface area contributed by atoms with Crippen LogP contribution in [-0.4, -0.2) is 80.8 Å². The third-order valence-electron chi connectivity index (χ3n) is 5.14. The molecule has 3 rings (SSSR count). The molecule has 2 bridgehead atoms. The van der Waals surface area contributed by atoms with Gasteiger partial charge >= 0.3 is 12.1 Å². The summed E-state index contributed by atoms with van der Waals surface area (Å²) in [4.78, 5) is 51.8. The van der Waals surface area contributed by atoms with Crippen molar-refractivity contribution in [2.24, 2.45) is 0 Å². The Balaban J connectivity index is 1.54. The number of piperidine rings is 1. The molecule has 0 radical (unpaired) electrons. The van der Waals surface area contributed by atoms with Gasteiger partial charge in [0.25, 0.3) is 11.8 Å². The number of hydroxylamine groups is 2. The number of hydrogen-bond acceptors (Lipinski definition) is 6. The molecule has 3 saturated heterocycles. The van der Waals surface area contributed by atoms with Crippen LogP contribution in [0.2, 0.25) is 0 Å². The number of carbonyl (C=O) groups is 4. The fourth-order valence-corrected chi connectivity index (χ4v) is 3.79. The number of likely N-dealkylation sites (tertiary alicyclic amines) is 1. The van der Waals surface area contributed by atoms with E-state index in [0.717, 1.165) is 0 Å². The van der Waals surface area contributed by atoms with Gasteiger partial charge in [-0.05, 0) is 46.5 Å². The fourth-order valence-electron chi connectivity index (χ4n) is 3.79. The average Bonchev–Trinajstić information content (AvgIpc) is 3.19. The van der Waals surface area contributed by atoms with Gasteiger partial charge in [0, 0.05) is 13.1 Å². The third-order valence-corrected chi connectivity index (χ3v) is 5.14. The van der Waals surface area contributed by atoms with Crippen LogP contribution in [0.25, 0.3) is 0 Å². The van der Waals surface area contributed by atoms with Crippen molar-refractivity contribution in [1.82, 2.24) is 25.7 Å². The van der Waals surface area contributed by atoms with Gasteiger partial charge in [-0.2, -0.15) is 0 Å². The lowest BCUT2D eigenvalue weighted by Crippen LogP contribution is -2.57. The second kappa shape index (κ2) is 7.46. The highest BCUT2D eigenvalue weighted by atomic mass is 16.6. The molecule has 5 amide bonds. The van der Waals surface area contributed by atoms with Crippen LogP contribution in [0.5, 0.6) is 0 Å². The van der Waals surface area contributed by atoms with Gasteiger partial charge in [0.15, 0.2) is 0 Å². The summed E-state index contributed by atoms with van der Waals surface area (Å²) in [7, 11) is 0. The first-order valence-electron chi connectivity index (χ1n) is 9.46. The van der Waals surface area contributed by atoms with Crippen LogP contribution >= 0.6 is 0 Å². The Morgan fingerprint density at radius 3 is 2.36 bits per heavy atom. The van der Waals surface area contributed by atoms with E-state index in [1.807, 2.05) is 0 Å². The predicted molar refractivity (Wildman–Crippen MR) is 94.8 cm³/mol. The lowest BCUT2D eigenvalue weighted by Gasteiger charge is -2.30. The lowest BCUT2D eigenvalue weighted by atomic mass is 10.0. The van der Waals surface area contributed by atoms with Crippen LogP contribution in [0.3, 0.4) is 0 Å². The molecule has 0 aliphatic carbocycles. The Hall–Kier alpha value is -2.56. The maximum absolute atomic E-state index is 12.5. The second-order valence-corrected chi connectivity index (χ2v) is 8.34. The zero-order chi connectivity index (χ0) is 20.6. The molecule has 0 unspecified atom stereocenters. The number of fused-ring (bicyclic) bond motifs is 2. The van der Waals surface area contributed by atoms with Crippen LogP contribution in [-0.2, 0) is 14.3 Å². The van der Waals surface area contributed by atoms with Crippen molar-refractivity contribution in [2.75, 3.05) is 13.1 Å². The minimum absolute atomic E-state index is 0.274. The van der Waals surface area contributed by atoms with Gasteiger partial charge in [-0.15, -0.1) is 0 Å². The molecular formula is C17H27N5O6. The number of hydrazine groups is 1. The Morgan fingerprint density at radius 2 is 1.71 bits per heavy atom. The molecule has 156 valence electrons. The maximum Gasteiger partial charge on any atom is 0.410 e. The Labute approximate surface area is 162 Å². The normalized spacial score (nSPS) is 27.1. The van der Waals surface area contributed by atoms with Crippen LogP contribution in [0, 0.1) is 0 Å². The van der Waals surface area contributed by atoms with E-state index in [-0.39, 0.29) is 12.6 Å². The molecule has 0 saturated carbocycles. The number of hydrogen-bond donors (Lipinski definition) is 3. The molecule has 3 atom stereocenters. The van der Waals surface area contributed by atoms with E-state index < -0.39 is 41.6 Å². The van der Waals surface area contributed by atoms with E-state index >= 15 is 0 Å². The summed E-state index contributed by atoms with van der Waals surface area (Å²) in [6.07, 6.45) is 1.45. The van der Waals surface area contributed by atoms with Crippen molar-refractivity contribution in [1.29, 1.82) is 0 Å². The Morgan fingerprint density at radius 1 is 1.07 bits per heavy atom. The molecule has 0 aromatic heterocycles. The smallest absolute Gasteiger partial charge is 0.410 e. The summed E-state index contributed by atoms with van der Waals surface area (Å²) >= 11 is 0. The summed E-state index contributed by atoms with van der Waals surface area (Å²) in [5, 5.41) is 10.3. The van der Waals surface area contributed by atoms with E-state index in [2.05, 4.69) is 10.9 Å². The number of nitrogens with one attached hydrogen (secondary N) is 2. The predicted octanol–water partition coefficient (Wildman–Crippen LogP) is 0.191. The van der Waals surface area contributed by atoms with E-state index in [0.29, 0.717) is 37.3 Å². The molecule has 3 fully saturated rings. The monoisotopic (exact) mass is 397 g/mol. The molecule has 0 spiro atoms. The van der Waals surface area contributed by atoms with Gasteiger partial charge in [-0.1, -0.05) is 0 Å². The zero-order valence-corrected chi connectivity index (χ0v) is 16.3. The maximum atomic E-state index is 12.5. The van der Waals surface area contributed by atoms with E-state index in [1.54, 1.807) is 20.8 Å². The van der Waals surface area contributed by atoms with Gasteiger partial charge in [0.05, 0.1) is 6.04 Å². The molecule has 0 aromatic carbocycles. The zero-order valence-electron chi connectivity index (χ0n) is 16.3. The number of amides is 5. The minimum Gasteiger partial charge on any atom is -0.444 e. The second-order valence-electron chi connectivity index (χ2n) is 8.34. The summed E-state index contributed by atoms with van der Waals surface area (Å²) in [5.74, 6) is -1.04. The fraction of sp³-hybridized carbons (Fsp3) is 0.765. The number of carbonyl (C=O) groups excluding carboxylic acids is 4. The lowest BCUT2D eigenvalue weighted by molar-refractivity contribution is -0.133. The van der Waals surface area contributed by atoms with Gasteiger partial charge in [-0.3, -0.25) is 30.5 Å². The third kappa shape index (κ3) is 3.98. The van der Waals surface area contributed by atoms with Crippen LogP contribution in [0.4, 0.5) is 9.59 Å². The highest BCUT2D eigenvalue weighted by Crippen LogP contribution is 2.28. The number of urea groups is 1. The first-order valence-corrected chi connectivity index (χ1v) is 9.46. The molecule has 11 nitrogen and oxygen atoms in total. The van der Waals surface area contributed by atoms with Crippen LogP contribution in [0.15, 0.2) is 0 Å². The molecule has 28 heavy (non-hydrogen) atoms. The van der Waals surface area contributed by atoms with Gasteiger partial charge in [0.1, 0.15) is 17.7 Å². The quantitative estimate of drug-likeness (QED) is 0.450. The Kier molecular flexibility index (Phi) is 5.37. The summed E-state index contributed by atoms with van der Waals surface area (Å²) in [6.45, 7) is 5.92. The molecule has 3 aliphatic rings. The van der Waals surface area contributed by atoms with Crippen LogP contribution in [0.1, 0.15) is 46.5 Å². The standard InChI is InChI=1S/C17H27N5O6/c1-17(2,3)28-16(26)20-8-4-5-11(20)13(23)18-19-14(24)12-7-6-10-9-21(12)15(25)22(10)27/h10-12,27H,4-9H2,1-3H3,(H,18,23)(H,19,24)/t10-,11+,12+/m1/s1. The average molecular weight is 397 g/mol. The topological polar surface area (TPSA) is 132 Å². The van der Waals surface area contributed by atoms with Crippen molar-refractivity contribution >= 4 is 23.9 Å². The van der Waals surface area contributed by atoms with Gasteiger partial charge in [-0.25, -0.2) is 14.7 Å². The number of rotatable bonds is 2. The van der Waals surface area contributed by atoms with Gasteiger partial charge in [0.2, 0.25) is 0 Å². The van der Waals surface area contributed by atoms with Crippen molar-refractivity contribution in [3.05, 3.63) is 0 Å². The van der Waals surface area contributed by atoms with E-state index in [9.17, 15) is 24.4 Å². The van der Waals surface area contributed by atoms with Crippen molar-refractivity contribution in [3.8, 4) is 0 Å². The van der Waals surface area contributed by atoms with Crippen molar-refractivity contribution in [2.45, 2.75) is 70.2 Å². The van der Waals surface area contributed by atoms with Gasteiger partial charge < -0.3 is 9.64 Å². The Bertz CT molecular complexity index is 677. The van der Waals surface area contributed by atoms with E-state index in [4.69, 9.17) is 4.74 Å². The van der Waals surface area contributed by atoms with Crippen LogP contribution < -0.4 is 10.9 Å². The first kappa shape index (κ1) is 20.2. The molecule has 11 heteroatoms. The minimum atomic E-state index is -0.758. The number of nitrogens with zero attached hydrogens (tertiary/aromatic N) is 3. The van der Waals surface area contributed by atoms with Crippen molar-refractivity contribution < 1.29 is 29.1 Å². The molecule has 3 aliphatic heterocycles. The summed E-state index contributed by atoms with van der Waals surface area (Å²) in [5.41, 5.74) is 4.03. The largest absolute Gasteiger partial charge is 0.444 e. The van der Waals surface area contributed by atoms with Crippen molar-refractivity contribution in [3.63, 3.8) is 0 Å². The first-order chi connectivity index (χ1) is 13.1. The highest BCUT2D eigenvalue weighted by molar-refractivity contribution is 5.91. The SMILES string of the molecule is CC(C)(C)OC(=O)N1CCC[C@H]1C(=O)NNC(=O)[C@@H]1CC[C@@H]2CN1C(=O)N2O. The number of ether oxygens (including phenoxy) is 1. The highest BCUT2D eigenvalue weighted by Gasteiger charge is 2.47. The molecular weight excluding hydrogens is 370 g/mol. The summed E-state index contributed by atoms with van der Waals surface area (Å²) in [6, 6.07) is -2.40. The molecule has 0 aromatic rings. The molecule has 3 N–H and O–H groups in total. The molecule has 3 heterocycles. The summed E-state index contributed by atoms with van der Waals surface area (Å²) < 4.78 is 5.33.